The van der Waals surface area contributed by atoms with Gasteiger partial charge in [0.25, 0.3) is 5.91 Å². The van der Waals surface area contributed by atoms with E-state index in [9.17, 15) is 10.0 Å². The largest absolute Gasteiger partial charge is 0.313 e. The van der Waals surface area contributed by atoms with Crippen molar-refractivity contribution in [1.82, 2.24) is 10.4 Å². The molecule has 4 nitrogen and oxygen atoms in total. The minimum atomic E-state index is -0.102. The fourth-order valence-electron chi connectivity index (χ4n) is 2.63. The minimum absolute atomic E-state index is 0.00690. The Hall–Kier alpha value is -0.610. The lowest BCUT2D eigenvalue weighted by Crippen LogP contribution is -2.55. The molecule has 0 radical (unpaired) electrons. The van der Waals surface area contributed by atoms with E-state index in [-0.39, 0.29) is 11.8 Å². The zero-order valence-corrected chi connectivity index (χ0v) is 8.57. The number of carbonyl (C=O) groups excluding carboxylic acids is 1. The van der Waals surface area contributed by atoms with Gasteiger partial charge in [-0.25, -0.2) is 5.06 Å². The van der Waals surface area contributed by atoms with Gasteiger partial charge in [0, 0.05) is 12.6 Å². The molecule has 2 heterocycles. The normalized spacial score (nSPS) is 35.7. The van der Waals surface area contributed by atoms with E-state index in [1.54, 1.807) is 6.92 Å². The molecule has 4 heteroatoms. The van der Waals surface area contributed by atoms with Crippen molar-refractivity contribution >= 4 is 5.91 Å². The van der Waals surface area contributed by atoms with Gasteiger partial charge < -0.3 is 5.32 Å². The van der Waals surface area contributed by atoms with Gasteiger partial charge in [-0.2, -0.15) is 0 Å². The third-order valence-electron chi connectivity index (χ3n) is 3.50. The van der Waals surface area contributed by atoms with Crippen LogP contribution in [0.1, 0.15) is 26.2 Å². The number of nitrogens with zero attached hydrogens (tertiary/aromatic N) is 1. The standard InChI is InChI=1S/C10H18N2O2/c1-2-12(14)10(13)8-5-7-3-4-9(8)11-6-7/h7-9,11,14H,2-6H2,1H3. The molecule has 1 amide bonds. The van der Waals surface area contributed by atoms with Crippen LogP contribution in [-0.4, -0.2) is 35.3 Å². The highest BCUT2D eigenvalue weighted by molar-refractivity contribution is 5.78. The number of carbonyl (C=O) groups is 1. The van der Waals surface area contributed by atoms with E-state index in [2.05, 4.69) is 5.32 Å². The van der Waals surface area contributed by atoms with Gasteiger partial charge in [0.15, 0.2) is 0 Å². The van der Waals surface area contributed by atoms with Gasteiger partial charge in [-0.3, -0.25) is 10.0 Å². The van der Waals surface area contributed by atoms with Gasteiger partial charge in [-0.05, 0) is 38.6 Å². The van der Waals surface area contributed by atoms with E-state index in [1.165, 1.54) is 6.42 Å². The molecule has 1 saturated carbocycles. The average molecular weight is 198 g/mol. The Bertz CT molecular complexity index is 224. The van der Waals surface area contributed by atoms with E-state index in [4.69, 9.17) is 0 Å². The van der Waals surface area contributed by atoms with Crippen LogP contribution >= 0.6 is 0 Å². The Morgan fingerprint density at radius 3 is 2.79 bits per heavy atom. The molecular weight excluding hydrogens is 180 g/mol. The molecular formula is C10H18N2O2. The molecule has 1 aliphatic carbocycles. The maximum atomic E-state index is 11.8. The summed E-state index contributed by atoms with van der Waals surface area (Å²) in [5.41, 5.74) is 0. The summed E-state index contributed by atoms with van der Waals surface area (Å²) in [5, 5.41) is 13.6. The van der Waals surface area contributed by atoms with E-state index in [0.717, 1.165) is 24.4 Å². The first kappa shape index (κ1) is 9.93. The fraction of sp³-hybridized carbons (Fsp3) is 0.900. The molecule has 0 aromatic carbocycles. The first-order chi connectivity index (χ1) is 6.72. The third-order valence-corrected chi connectivity index (χ3v) is 3.50. The molecule has 2 N–H and O–H groups in total. The summed E-state index contributed by atoms with van der Waals surface area (Å²) in [7, 11) is 0. The number of hydrogen-bond acceptors (Lipinski definition) is 3. The van der Waals surface area contributed by atoms with Gasteiger partial charge in [-0.15, -0.1) is 0 Å². The Balaban J connectivity index is 2.01. The van der Waals surface area contributed by atoms with Crippen LogP contribution in [0.2, 0.25) is 0 Å². The number of fused-ring (bicyclic) bond motifs is 3. The van der Waals surface area contributed by atoms with Crippen molar-refractivity contribution in [3.63, 3.8) is 0 Å². The molecule has 80 valence electrons. The lowest BCUT2D eigenvalue weighted by atomic mass is 9.73. The Morgan fingerprint density at radius 1 is 1.57 bits per heavy atom. The quantitative estimate of drug-likeness (QED) is 0.505. The molecule has 0 spiro atoms. The lowest BCUT2D eigenvalue weighted by molar-refractivity contribution is -0.173. The number of rotatable bonds is 2. The maximum absolute atomic E-state index is 11.8. The molecule has 0 aromatic rings. The second kappa shape index (κ2) is 3.87. The van der Waals surface area contributed by atoms with Gasteiger partial charge in [0.05, 0.1) is 5.92 Å². The molecule has 3 rings (SSSR count). The molecule has 14 heavy (non-hydrogen) atoms. The smallest absolute Gasteiger partial charge is 0.250 e. The van der Waals surface area contributed by atoms with E-state index in [1.807, 2.05) is 0 Å². The summed E-state index contributed by atoms with van der Waals surface area (Å²) in [6, 6.07) is 0.300. The van der Waals surface area contributed by atoms with Crippen LogP contribution in [-0.2, 0) is 4.79 Å². The van der Waals surface area contributed by atoms with Crippen LogP contribution in [0.25, 0.3) is 0 Å². The number of amides is 1. The number of nitrogens with one attached hydrogen (secondary N) is 1. The Labute approximate surface area is 84.2 Å². The summed E-state index contributed by atoms with van der Waals surface area (Å²) in [6.45, 7) is 3.21. The number of hydroxylamine groups is 2. The van der Waals surface area contributed by atoms with Crippen molar-refractivity contribution in [3.8, 4) is 0 Å². The predicted molar refractivity (Wildman–Crippen MR) is 51.8 cm³/mol. The van der Waals surface area contributed by atoms with Crippen molar-refractivity contribution in [3.05, 3.63) is 0 Å². The average Bonchev–Trinajstić information content (AvgIpc) is 2.28. The van der Waals surface area contributed by atoms with Gasteiger partial charge in [0.2, 0.25) is 0 Å². The van der Waals surface area contributed by atoms with E-state index in [0.29, 0.717) is 18.5 Å². The molecule has 3 fully saturated rings. The number of hydrogen-bond donors (Lipinski definition) is 2. The molecule has 2 bridgehead atoms. The zero-order valence-electron chi connectivity index (χ0n) is 8.57. The van der Waals surface area contributed by atoms with Gasteiger partial charge >= 0.3 is 0 Å². The highest BCUT2D eigenvalue weighted by Gasteiger charge is 2.40. The van der Waals surface area contributed by atoms with Crippen molar-refractivity contribution < 1.29 is 10.0 Å². The van der Waals surface area contributed by atoms with Crippen LogP contribution in [0.15, 0.2) is 0 Å². The second-order valence-electron chi connectivity index (χ2n) is 4.35. The predicted octanol–water partition coefficient (Wildman–Crippen LogP) is 0.612. The summed E-state index contributed by atoms with van der Waals surface area (Å²) >= 11 is 0. The molecule has 3 aliphatic rings. The van der Waals surface area contributed by atoms with Gasteiger partial charge in [-0.1, -0.05) is 0 Å². The minimum Gasteiger partial charge on any atom is -0.313 e. The summed E-state index contributed by atoms with van der Waals surface area (Å²) in [6.07, 6.45) is 3.27. The first-order valence-electron chi connectivity index (χ1n) is 5.46. The third kappa shape index (κ3) is 1.64. The highest BCUT2D eigenvalue weighted by atomic mass is 16.5. The molecule has 0 aromatic heterocycles. The fourth-order valence-corrected chi connectivity index (χ4v) is 2.63. The Morgan fingerprint density at radius 2 is 2.36 bits per heavy atom. The van der Waals surface area contributed by atoms with Crippen LogP contribution in [0.4, 0.5) is 0 Å². The summed E-state index contributed by atoms with van der Waals surface area (Å²) in [5.74, 6) is 0.543. The van der Waals surface area contributed by atoms with Crippen LogP contribution < -0.4 is 5.32 Å². The zero-order chi connectivity index (χ0) is 10.1. The van der Waals surface area contributed by atoms with Crippen molar-refractivity contribution in [2.75, 3.05) is 13.1 Å². The molecule has 3 unspecified atom stereocenters. The van der Waals surface area contributed by atoms with E-state index < -0.39 is 0 Å². The van der Waals surface area contributed by atoms with Crippen LogP contribution in [0.5, 0.6) is 0 Å². The monoisotopic (exact) mass is 198 g/mol. The summed E-state index contributed by atoms with van der Waals surface area (Å²) in [4.78, 5) is 11.8. The van der Waals surface area contributed by atoms with Crippen LogP contribution in [0.3, 0.4) is 0 Å². The van der Waals surface area contributed by atoms with Gasteiger partial charge in [0.1, 0.15) is 0 Å². The second-order valence-corrected chi connectivity index (χ2v) is 4.35. The molecule has 2 aliphatic heterocycles. The Kier molecular flexibility index (Phi) is 2.74. The topological polar surface area (TPSA) is 52.6 Å². The maximum Gasteiger partial charge on any atom is 0.250 e. The SMILES string of the molecule is CCN(O)C(=O)C1CC2CCC1NC2. The molecule has 2 saturated heterocycles. The van der Waals surface area contributed by atoms with Crippen molar-refractivity contribution in [1.29, 1.82) is 0 Å². The summed E-state index contributed by atoms with van der Waals surface area (Å²) < 4.78 is 0. The van der Waals surface area contributed by atoms with Crippen molar-refractivity contribution in [2.24, 2.45) is 11.8 Å². The van der Waals surface area contributed by atoms with Crippen LogP contribution in [0, 0.1) is 11.8 Å². The lowest BCUT2D eigenvalue weighted by Gasteiger charge is -2.42. The van der Waals surface area contributed by atoms with E-state index >= 15 is 0 Å². The number of piperidine rings is 2. The molecule has 3 atom stereocenters. The first-order valence-corrected chi connectivity index (χ1v) is 5.46. The van der Waals surface area contributed by atoms with Crippen molar-refractivity contribution in [2.45, 2.75) is 32.2 Å². The highest BCUT2D eigenvalue weighted by Crippen LogP contribution is 2.34.